The number of aromatic hydroxyl groups is 1. The molecule has 0 aliphatic rings. The molecule has 2 aromatic carbocycles. The van der Waals surface area contributed by atoms with E-state index in [1.165, 1.54) is 18.2 Å². The topological polar surface area (TPSA) is 100 Å². The molecule has 3 N–H and O–H groups in total. The molecule has 2 rings (SSSR count). The highest BCUT2D eigenvalue weighted by molar-refractivity contribution is 6.31. The van der Waals surface area contributed by atoms with Crippen LogP contribution in [0.5, 0.6) is 11.5 Å². The van der Waals surface area contributed by atoms with Crippen LogP contribution in [0.25, 0.3) is 0 Å². The van der Waals surface area contributed by atoms with Crippen LogP contribution in [0.4, 0.5) is 5.69 Å². The number of hydrogen-bond donors (Lipinski definition) is 3. The van der Waals surface area contributed by atoms with Crippen LogP contribution in [-0.4, -0.2) is 29.2 Å². The SMILES string of the molecule is CCOc1ccc(NC(=O)CC(C)=NNC(=O)c2cc(Cl)ccc2O)cc1. The zero-order valence-corrected chi connectivity index (χ0v) is 15.7. The van der Waals surface area contributed by atoms with E-state index in [1.54, 1.807) is 31.2 Å². The summed E-state index contributed by atoms with van der Waals surface area (Å²) in [6.07, 6.45) is -0.00494. The third kappa shape index (κ3) is 6.31. The van der Waals surface area contributed by atoms with Gasteiger partial charge in [0.25, 0.3) is 5.91 Å². The number of benzene rings is 2. The summed E-state index contributed by atoms with van der Waals surface area (Å²) in [5.41, 5.74) is 3.31. The van der Waals surface area contributed by atoms with Gasteiger partial charge in [0.2, 0.25) is 5.91 Å². The summed E-state index contributed by atoms with van der Waals surface area (Å²) < 4.78 is 5.34. The van der Waals surface area contributed by atoms with Crippen molar-refractivity contribution in [1.29, 1.82) is 0 Å². The number of ether oxygens (including phenoxy) is 1. The number of nitrogens with one attached hydrogen (secondary N) is 2. The molecule has 0 fully saturated rings. The molecule has 0 aliphatic heterocycles. The molecule has 142 valence electrons. The molecule has 27 heavy (non-hydrogen) atoms. The van der Waals surface area contributed by atoms with E-state index in [4.69, 9.17) is 16.3 Å². The van der Waals surface area contributed by atoms with Crippen molar-refractivity contribution < 1.29 is 19.4 Å². The Morgan fingerprint density at radius 2 is 1.89 bits per heavy atom. The predicted molar refractivity (Wildman–Crippen MR) is 105 cm³/mol. The number of phenolic OH excluding ortho intramolecular Hbond substituents is 1. The molecule has 0 unspecified atom stereocenters. The summed E-state index contributed by atoms with van der Waals surface area (Å²) in [6.45, 7) is 4.07. The average molecular weight is 390 g/mol. The van der Waals surface area contributed by atoms with E-state index in [1.807, 2.05) is 6.92 Å². The van der Waals surface area contributed by atoms with Gasteiger partial charge >= 0.3 is 0 Å². The van der Waals surface area contributed by atoms with Gasteiger partial charge in [0, 0.05) is 16.4 Å². The highest BCUT2D eigenvalue weighted by Crippen LogP contribution is 2.21. The minimum absolute atomic E-state index is 0.00195. The summed E-state index contributed by atoms with van der Waals surface area (Å²) in [5.74, 6) is -0.389. The van der Waals surface area contributed by atoms with Gasteiger partial charge < -0.3 is 15.2 Å². The Balaban J connectivity index is 1.89. The number of phenols is 1. The first-order valence-corrected chi connectivity index (χ1v) is 8.61. The van der Waals surface area contributed by atoms with Gasteiger partial charge in [0.15, 0.2) is 0 Å². The van der Waals surface area contributed by atoms with Crippen LogP contribution in [-0.2, 0) is 4.79 Å². The second-order valence-electron chi connectivity index (χ2n) is 5.63. The van der Waals surface area contributed by atoms with Crippen LogP contribution in [0.2, 0.25) is 5.02 Å². The second kappa shape index (κ2) is 9.59. The largest absolute Gasteiger partial charge is 0.507 e. The van der Waals surface area contributed by atoms with Crippen molar-refractivity contribution in [3.05, 3.63) is 53.1 Å². The average Bonchev–Trinajstić information content (AvgIpc) is 2.63. The van der Waals surface area contributed by atoms with Crippen molar-refractivity contribution in [3.8, 4) is 11.5 Å². The normalized spacial score (nSPS) is 11.0. The Bertz CT molecular complexity index is 851. The van der Waals surface area contributed by atoms with Gasteiger partial charge in [0.1, 0.15) is 11.5 Å². The van der Waals surface area contributed by atoms with Gasteiger partial charge in [-0.2, -0.15) is 5.10 Å². The van der Waals surface area contributed by atoms with E-state index in [0.29, 0.717) is 23.0 Å². The molecule has 0 bridgehead atoms. The summed E-state index contributed by atoms with van der Waals surface area (Å²) in [5, 5.41) is 16.6. The molecule has 0 aromatic heterocycles. The molecule has 2 aromatic rings. The lowest BCUT2D eigenvalue weighted by Gasteiger charge is -2.07. The fourth-order valence-corrected chi connectivity index (χ4v) is 2.35. The Hall–Kier alpha value is -3.06. The van der Waals surface area contributed by atoms with Crippen LogP contribution < -0.4 is 15.5 Å². The van der Waals surface area contributed by atoms with E-state index in [9.17, 15) is 14.7 Å². The first-order chi connectivity index (χ1) is 12.9. The molecule has 0 atom stereocenters. The maximum absolute atomic E-state index is 12.1. The van der Waals surface area contributed by atoms with E-state index in [2.05, 4.69) is 15.8 Å². The molecule has 0 saturated heterocycles. The number of hydrogen-bond acceptors (Lipinski definition) is 5. The second-order valence-corrected chi connectivity index (χ2v) is 6.07. The van der Waals surface area contributed by atoms with E-state index in [-0.39, 0.29) is 23.6 Å². The van der Waals surface area contributed by atoms with Gasteiger partial charge in [-0.25, -0.2) is 5.43 Å². The van der Waals surface area contributed by atoms with Crippen molar-refractivity contribution in [2.24, 2.45) is 5.10 Å². The maximum atomic E-state index is 12.1. The molecule has 8 heteroatoms. The lowest BCUT2D eigenvalue weighted by atomic mass is 10.2. The van der Waals surface area contributed by atoms with Gasteiger partial charge in [-0.3, -0.25) is 9.59 Å². The monoisotopic (exact) mass is 389 g/mol. The minimum Gasteiger partial charge on any atom is -0.507 e. The lowest BCUT2D eigenvalue weighted by Crippen LogP contribution is -2.21. The van der Waals surface area contributed by atoms with Crippen molar-refractivity contribution in [2.45, 2.75) is 20.3 Å². The fourth-order valence-electron chi connectivity index (χ4n) is 2.17. The Morgan fingerprint density at radius 3 is 2.56 bits per heavy atom. The third-order valence-corrected chi connectivity index (χ3v) is 3.65. The number of carbonyl (C=O) groups excluding carboxylic acids is 2. The van der Waals surface area contributed by atoms with Crippen LogP contribution >= 0.6 is 11.6 Å². The molecule has 0 saturated carbocycles. The fraction of sp³-hybridized carbons (Fsp3) is 0.211. The van der Waals surface area contributed by atoms with Gasteiger partial charge in [-0.15, -0.1) is 0 Å². The highest BCUT2D eigenvalue weighted by atomic mass is 35.5. The number of anilines is 1. The smallest absolute Gasteiger partial charge is 0.275 e. The Morgan fingerprint density at radius 1 is 1.19 bits per heavy atom. The van der Waals surface area contributed by atoms with Crippen molar-refractivity contribution in [1.82, 2.24) is 5.43 Å². The molecule has 0 radical (unpaired) electrons. The molecule has 7 nitrogen and oxygen atoms in total. The minimum atomic E-state index is -0.624. The lowest BCUT2D eigenvalue weighted by molar-refractivity contribution is -0.115. The summed E-state index contributed by atoms with van der Waals surface area (Å²) in [4.78, 5) is 24.1. The predicted octanol–water partition coefficient (Wildman–Crippen LogP) is 3.58. The van der Waals surface area contributed by atoms with E-state index in [0.717, 1.165) is 5.75 Å². The first-order valence-electron chi connectivity index (χ1n) is 8.23. The molecule has 0 aliphatic carbocycles. The van der Waals surface area contributed by atoms with E-state index < -0.39 is 5.91 Å². The Kier molecular flexibility index (Phi) is 7.19. The standard InChI is InChI=1S/C19H20ClN3O4/c1-3-27-15-7-5-14(6-8-15)21-18(25)10-12(2)22-23-19(26)16-11-13(20)4-9-17(16)24/h4-9,11,24H,3,10H2,1-2H3,(H,21,25)(H,23,26). The van der Waals surface area contributed by atoms with Crippen molar-refractivity contribution >= 4 is 34.8 Å². The van der Waals surface area contributed by atoms with Gasteiger partial charge in [0.05, 0.1) is 18.6 Å². The number of hydrazone groups is 1. The van der Waals surface area contributed by atoms with Crippen LogP contribution in [0, 0.1) is 0 Å². The summed E-state index contributed by atoms with van der Waals surface area (Å²) in [7, 11) is 0. The number of nitrogens with zero attached hydrogens (tertiary/aromatic N) is 1. The first kappa shape index (κ1) is 20.3. The van der Waals surface area contributed by atoms with Crippen LogP contribution in [0.3, 0.4) is 0 Å². The van der Waals surface area contributed by atoms with Gasteiger partial charge in [-0.05, 0) is 56.3 Å². The quantitative estimate of drug-likeness (QED) is 0.497. The number of rotatable bonds is 7. The highest BCUT2D eigenvalue weighted by Gasteiger charge is 2.12. The van der Waals surface area contributed by atoms with Crippen LogP contribution in [0.15, 0.2) is 47.6 Å². The zero-order valence-electron chi connectivity index (χ0n) is 15.0. The Labute approximate surface area is 162 Å². The van der Waals surface area contributed by atoms with E-state index >= 15 is 0 Å². The molecule has 2 amide bonds. The van der Waals surface area contributed by atoms with Crippen molar-refractivity contribution in [3.63, 3.8) is 0 Å². The molecule has 0 heterocycles. The summed E-state index contributed by atoms with van der Waals surface area (Å²) >= 11 is 5.81. The van der Waals surface area contributed by atoms with Crippen LogP contribution in [0.1, 0.15) is 30.6 Å². The molecular formula is C19H20ClN3O4. The maximum Gasteiger partial charge on any atom is 0.275 e. The molecular weight excluding hydrogens is 370 g/mol. The third-order valence-electron chi connectivity index (χ3n) is 3.42. The van der Waals surface area contributed by atoms with Gasteiger partial charge in [-0.1, -0.05) is 11.6 Å². The molecule has 0 spiro atoms. The number of halogens is 1. The summed E-state index contributed by atoms with van der Waals surface area (Å²) in [6, 6.07) is 11.1. The number of amides is 2. The zero-order chi connectivity index (χ0) is 19.8. The number of carbonyl (C=O) groups is 2. The van der Waals surface area contributed by atoms with Crippen molar-refractivity contribution in [2.75, 3.05) is 11.9 Å².